The summed E-state index contributed by atoms with van der Waals surface area (Å²) in [5, 5.41) is 4.29. The lowest BCUT2D eigenvalue weighted by atomic mass is 10.2. The Morgan fingerprint density at radius 1 is 1.39 bits per heavy atom. The molecular weight excluding hydrogens is 258 g/mol. The van der Waals surface area contributed by atoms with Crippen molar-refractivity contribution in [2.45, 2.75) is 13.0 Å². The molecule has 6 heteroatoms. The van der Waals surface area contributed by atoms with Gasteiger partial charge in [0.2, 0.25) is 5.91 Å². The highest BCUT2D eigenvalue weighted by Gasteiger charge is 2.08. The van der Waals surface area contributed by atoms with Gasteiger partial charge in [0.25, 0.3) is 0 Å². The monoisotopic (exact) mass is 268 g/mol. The molecule has 1 heterocycles. The van der Waals surface area contributed by atoms with Crippen molar-refractivity contribution >= 4 is 17.2 Å². The molecule has 0 bridgehead atoms. The summed E-state index contributed by atoms with van der Waals surface area (Å²) in [5.74, 6) is -1.34. The molecule has 0 saturated heterocycles. The van der Waals surface area contributed by atoms with E-state index in [1.165, 1.54) is 11.3 Å². The molecule has 1 aromatic carbocycles. The number of benzene rings is 1. The fraction of sp³-hybridized carbons (Fsp3) is 0.167. The second kappa shape index (κ2) is 5.68. The van der Waals surface area contributed by atoms with E-state index in [4.69, 9.17) is 0 Å². The van der Waals surface area contributed by atoms with Crippen molar-refractivity contribution in [3.05, 3.63) is 52.0 Å². The minimum absolute atomic E-state index is 0.0352. The summed E-state index contributed by atoms with van der Waals surface area (Å²) >= 11 is 1.40. The van der Waals surface area contributed by atoms with E-state index < -0.39 is 11.6 Å². The maximum atomic E-state index is 13.3. The SMILES string of the molecule is O=C(Cc1cscn1)NCc1cc(F)ccc1F. The summed E-state index contributed by atoms with van der Waals surface area (Å²) in [4.78, 5) is 15.5. The zero-order valence-electron chi connectivity index (χ0n) is 9.32. The zero-order chi connectivity index (χ0) is 13.0. The van der Waals surface area contributed by atoms with E-state index in [1.54, 1.807) is 10.9 Å². The lowest BCUT2D eigenvalue weighted by Crippen LogP contribution is -2.25. The third-order valence-electron chi connectivity index (χ3n) is 2.31. The molecule has 3 nitrogen and oxygen atoms in total. The van der Waals surface area contributed by atoms with E-state index in [0.29, 0.717) is 5.69 Å². The van der Waals surface area contributed by atoms with Gasteiger partial charge in [-0.2, -0.15) is 0 Å². The highest BCUT2D eigenvalue weighted by molar-refractivity contribution is 7.07. The lowest BCUT2D eigenvalue weighted by molar-refractivity contribution is -0.120. The van der Waals surface area contributed by atoms with Crippen LogP contribution in [0.25, 0.3) is 0 Å². The number of carbonyl (C=O) groups is 1. The van der Waals surface area contributed by atoms with Crippen LogP contribution < -0.4 is 5.32 Å². The first kappa shape index (κ1) is 12.6. The summed E-state index contributed by atoms with van der Waals surface area (Å²) in [6, 6.07) is 3.14. The van der Waals surface area contributed by atoms with Crippen molar-refractivity contribution in [3.63, 3.8) is 0 Å². The number of hydrogen-bond acceptors (Lipinski definition) is 3. The van der Waals surface area contributed by atoms with Gasteiger partial charge in [-0.3, -0.25) is 4.79 Å². The van der Waals surface area contributed by atoms with Gasteiger partial charge in [0, 0.05) is 17.5 Å². The van der Waals surface area contributed by atoms with Crippen LogP contribution in [0, 0.1) is 11.6 Å². The maximum absolute atomic E-state index is 13.3. The van der Waals surface area contributed by atoms with Gasteiger partial charge in [0.05, 0.1) is 17.6 Å². The van der Waals surface area contributed by atoms with Gasteiger partial charge in [0.1, 0.15) is 11.6 Å². The summed E-state index contributed by atoms with van der Waals surface area (Å²) in [7, 11) is 0. The molecule has 2 rings (SSSR count). The van der Waals surface area contributed by atoms with Crippen LogP contribution in [0.15, 0.2) is 29.1 Å². The van der Waals surface area contributed by atoms with Gasteiger partial charge in [-0.05, 0) is 18.2 Å². The average Bonchev–Trinajstić information content (AvgIpc) is 2.83. The van der Waals surface area contributed by atoms with Crippen molar-refractivity contribution in [1.82, 2.24) is 10.3 Å². The standard InChI is InChI=1S/C12H10F2N2OS/c13-9-1-2-11(14)8(3-9)5-15-12(17)4-10-6-18-7-16-10/h1-3,6-7H,4-5H2,(H,15,17). The molecule has 0 fully saturated rings. The number of halogens is 2. The average molecular weight is 268 g/mol. The predicted octanol–water partition coefficient (Wildman–Crippen LogP) is 2.28. The molecule has 0 spiro atoms. The van der Waals surface area contributed by atoms with Crippen molar-refractivity contribution < 1.29 is 13.6 Å². The first-order chi connectivity index (χ1) is 8.65. The van der Waals surface area contributed by atoms with Crippen LogP contribution in [0.1, 0.15) is 11.3 Å². The Bertz CT molecular complexity index is 543. The van der Waals surface area contributed by atoms with Gasteiger partial charge >= 0.3 is 0 Å². The zero-order valence-corrected chi connectivity index (χ0v) is 10.1. The van der Waals surface area contributed by atoms with Crippen LogP contribution in [-0.2, 0) is 17.8 Å². The predicted molar refractivity (Wildman–Crippen MR) is 64.0 cm³/mol. The third kappa shape index (κ3) is 3.33. The summed E-state index contributed by atoms with van der Waals surface area (Å²) < 4.78 is 26.2. The quantitative estimate of drug-likeness (QED) is 0.924. The largest absolute Gasteiger partial charge is 0.352 e. The number of nitrogens with zero attached hydrogens (tertiary/aromatic N) is 1. The number of rotatable bonds is 4. The van der Waals surface area contributed by atoms with E-state index in [0.717, 1.165) is 18.2 Å². The molecule has 1 N–H and O–H groups in total. The fourth-order valence-corrected chi connectivity index (χ4v) is 1.98. The molecule has 1 aromatic heterocycles. The number of amides is 1. The third-order valence-corrected chi connectivity index (χ3v) is 2.94. The molecule has 0 aliphatic heterocycles. The Kier molecular flexibility index (Phi) is 3.99. The molecule has 0 unspecified atom stereocenters. The molecule has 0 radical (unpaired) electrons. The highest BCUT2D eigenvalue weighted by atomic mass is 32.1. The van der Waals surface area contributed by atoms with E-state index in [-0.39, 0.29) is 24.4 Å². The number of thiazole rings is 1. The second-order valence-electron chi connectivity index (χ2n) is 3.67. The molecular formula is C12H10F2N2OS. The van der Waals surface area contributed by atoms with E-state index in [2.05, 4.69) is 10.3 Å². The first-order valence-electron chi connectivity index (χ1n) is 5.23. The van der Waals surface area contributed by atoms with Crippen LogP contribution in [0.2, 0.25) is 0 Å². The smallest absolute Gasteiger partial charge is 0.226 e. The van der Waals surface area contributed by atoms with Crippen LogP contribution >= 0.6 is 11.3 Å². The first-order valence-corrected chi connectivity index (χ1v) is 6.17. The Balaban J connectivity index is 1.91. The van der Waals surface area contributed by atoms with Crippen LogP contribution in [0.4, 0.5) is 8.78 Å². The highest BCUT2D eigenvalue weighted by Crippen LogP contribution is 2.09. The fourth-order valence-electron chi connectivity index (χ4n) is 1.42. The maximum Gasteiger partial charge on any atom is 0.226 e. The molecule has 0 aliphatic carbocycles. The van der Waals surface area contributed by atoms with Crippen LogP contribution in [-0.4, -0.2) is 10.9 Å². The molecule has 18 heavy (non-hydrogen) atoms. The topological polar surface area (TPSA) is 42.0 Å². The van der Waals surface area contributed by atoms with Gasteiger partial charge in [-0.15, -0.1) is 11.3 Å². The van der Waals surface area contributed by atoms with Crippen molar-refractivity contribution in [1.29, 1.82) is 0 Å². The Labute approximate surface area is 106 Å². The molecule has 94 valence electrons. The molecule has 1 amide bonds. The molecule has 0 saturated carbocycles. The Morgan fingerprint density at radius 3 is 2.94 bits per heavy atom. The summed E-state index contributed by atoms with van der Waals surface area (Å²) in [5.41, 5.74) is 2.42. The van der Waals surface area contributed by atoms with Gasteiger partial charge < -0.3 is 5.32 Å². The minimum atomic E-state index is -0.537. The van der Waals surface area contributed by atoms with E-state index >= 15 is 0 Å². The Hall–Kier alpha value is -1.82. The molecule has 0 atom stereocenters. The number of nitrogens with one attached hydrogen (secondary N) is 1. The van der Waals surface area contributed by atoms with Gasteiger partial charge in [0.15, 0.2) is 0 Å². The molecule has 2 aromatic rings. The summed E-state index contributed by atoms with van der Waals surface area (Å²) in [6.07, 6.45) is 0.139. The number of aromatic nitrogens is 1. The van der Waals surface area contributed by atoms with Crippen molar-refractivity contribution in [2.24, 2.45) is 0 Å². The lowest BCUT2D eigenvalue weighted by Gasteiger charge is -2.05. The molecule has 0 aliphatic rings. The van der Waals surface area contributed by atoms with Crippen molar-refractivity contribution in [3.8, 4) is 0 Å². The Morgan fingerprint density at radius 2 is 2.22 bits per heavy atom. The van der Waals surface area contributed by atoms with E-state index in [1.807, 2.05) is 0 Å². The normalized spacial score (nSPS) is 10.3. The van der Waals surface area contributed by atoms with Crippen molar-refractivity contribution in [2.75, 3.05) is 0 Å². The van der Waals surface area contributed by atoms with Gasteiger partial charge in [-0.25, -0.2) is 13.8 Å². The van der Waals surface area contributed by atoms with E-state index in [9.17, 15) is 13.6 Å². The number of carbonyl (C=O) groups excluding carboxylic acids is 1. The van der Waals surface area contributed by atoms with Crippen LogP contribution in [0.3, 0.4) is 0 Å². The second-order valence-corrected chi connectivity index (χ2v) is 4.39. The summed E-state index contributed by atoms with van der Waals surface area (Å²) in [6.45, 7) is -0.0352. The van der Waals surface area contributed by atoms with Crippen LogP contribution in [0.5, 0.6) is 0 Å². The van der Waals surface area contributed by atoms with Gasteiger partial charge in [-0.1, -0.05) is 0 Å². The number of hydrogen-bond donors (Lipinski definition) is 1. The minimum Gasteiger partial charge on any atom is -0.352 e.